The molecule has 0 spiro atoms. The third-order valence-corrected chi connectivity index (χ3v) is 2.84. The molecule has 1 aromatic heterocycles. The van der Waals surface area contributed by atoms with Gasteiger partial charge in [0.25, 0.3) is 0 Å². The van der Waals surface area contributed by atoms with Crippen LogP contribution in [-0.4, -0.2) is 16.6 Å². The molecule has 0 fully saturated rings. The number of ketones is 2. The van der Waals surface area contributed by atoms with Crippen molar-refractivity contribution in [3.8, 4) is 0 Å². The molecule has 3 rings (SSSR count). The highest BCUT2D eigenvalue weighted by Gasteiger charge is 2.32. The van der Waals surface area contributed by atoms with Gasteiger partial charge in [0.2, 0.25) is 0 Å². The molecule has 1 aromatic carbocycles. The topological polar surface area (TPSA) is 49.9 Å². The fourth-order valence-corrected chi connectivity index (χ4v) is 2.00. The van der Waals surface area contributed by atoms with E-state index in [1.807, 2.05) is 6.07 Å². The zero-order valence-electron chi connectivity index (χ0n) is 8.94. The molecule has 1 N–H and O–H groups in total. The minimum Gasteiger partial charge on any atom is -0.367 e. The van der Waals surface area contributed by atoms with Gasteiger partial charge in [0.05, 0.1) is 5.57 Å². The molecule has 3 heteroatoms. The average molecular weight is 223 g/mol. The van der Waals surface area contributed by atoms with E-state index in [1.54, 1.807) is 42.7 Å². The van der Waals surface area contributed by atoms with Crippen molar-refractivity contribution in [2.24, 2.45) is 0 Å². The highest BCUT2D eigenvalue weighted by molar-refractivity contribution is 6.41. The Morgan fingerprint density at radius 1 is 0.941 bits per heavy atom. The van der Waals surface area contributed by atoms with Crippen molar-refractivity contribution in [3.05, 3.63) is 65.0 Å². The fraction of sp³-hybridized carbons (Fsp3) is 0. The highest BCUT2D eigenvalue weighted by Crippen LogP contribution is 2.27. The van der Waals surface area contributed by atoms with Crippen molar-refractivity contribution in [2.75, 3.05) is 0 Å². The van der Waals surface area contributed by atoms with Crippen LogP contribution in [0.5, 0.6) is 0 Å². The van der Waals surface area contributed by atoms with Gasteiger partial charge in [0.15, 0.2) is 11.6 Å². The van der Waals surface area contributed by atoms with Crippen molar-refractivity contribution in [1.82, 2.24) is 4.98 Å². The summed E-state index contributed by atoms with van der Waals surface area (Å²) in [4.78, 5) is 27.0. The molecule has 1 heterocycles. The summed E-state index contributed by atoms with van der Waals surface area (Å²) in [6.45, 7) is 0. The Hall–Kier alpha value is -2.42. The maximum absolute atomic E-state index is 12.0. The van der Waals surface area contributed by atoms with E-state index in [0.717, 1.165) is 5.56 Å². The molecule has 82 valence electrons. The third kappa shape index (κ3) is 1.44. The van der Waals surface area contributed by atoms with E-state index < -0.39 is 0 Å². The minimum absolute atomic E-state index is 0.188. The van der Waals surface area contributed by atoms with Crippen LogP contribution in [0.25, 0.3) is 6.08 Å². The lowest BCUT2D eigenvalue weighted by atomic mass is 10.1. The molecule has 0 amide bonds. The smallest absolute Gasteiger partial charge is 0.197 e. The van der Waals surface area contributed by atoms with E-state index in [1.165, 1.54) is 0 Å². The molecule has 1 aliphatic rings. The molecule has 0 saturated heterocycles. The van der Waals surface area contributed by atoms with Gasteiger partial charge >= 0.3 is 0 Å². The van der Waals surface area contributed by atoms with Crippen molar-refractivity contribution >= 4 is 17.6 Å². The SMILES string of the molecule is O=C1C(=Cc2cc[nH]c2)C(=O)c2ccccc21. The predicted molar refractivity (Wildman–Crippen MR) is 63.9 cm³/mol. The first-order valence-corrected chi connectivity index (χ1v) is 5.30. The molecule has 0 radical (unpaired) electrons. The molecule has 3 nitrogen and oxygen atoms in total. The fourth-order valence-electron chi connectivity index (χ4n) is 2.00. The summed E-state index contributed by atoms with van der Waals surface area (Å²) in [5, 5.41) is 0. The summed E-state index contributed by atoms with van der Waals surface area (Å²) < 4.78 is 0. The van der Waals surface area contributed by atoms with Crippen LogP contribution < -0.4 is 0 Å². The van der Waals surface area contributed by atoms with Gasteiger partial charge in [-0.15, -0.1) is 0 Å². The number of allylic oxidation sites excluding steroid dienone is 1. The highest BCUT2D eigenvalue weighted by atomic mass is 16.2. The number of carbonyl (C=O) groups is 2. The number of hydrogen-bond donors (Lipinski definition) is 1. The number of aromatic nitrogens is 1. The number of Topliss-reactive ketones (excluding diaryl/α,β-unsaturated/α-hetero) is 2. The first kappa shape index (κ1) is 9.78. The van der Waals surface area contributed by atoms with Crippen molar-refractivity contribution in [2.45, 2.75) is 0 Å². The van der Waals surface area contributed by atoms with Crippen LogP contribution in [0, 0.1) is 0 Å². The molecule has 0 saturated carbocycles. The van der Waals surface area contributed by atoms with Gasteiger partial charge in [-0.25, -0.2) is 0 Å². The number of aromatic amines is 1. The van der Waals surface area contributed by atoms with Crippen molar-refractivity contribution in [1.29, 1.82) is 0 Å². The second kappa shape index (κ2) is 3.56. The Morgan fingerprint density at radius 3 is 2.12 bits per heavy atom. The molecule has 2 aromatic rings. The Labute approximate surface area is 97.8 Å². The largest absolute Gasteiger partial charge is 0.367 e. The molecule has 0 unspecified atom stereocenters. The summed E-state index contributed by atoms with van der Waals surface area (Å²) in [5.74, 6) is -0.376. The van der Waals surface area contributed by atoms with Crippen molar-refractivity contribution in [3.63, 3.8) is 0 Å². The summed E-state index contributed by atoms with van der Waals surface area (Å²) in [7, 11) is 0. The Kier molecular flexibility index (Phi) is 2.05. The number of H-pyrrole nitrogens is 1. The summed E-state index contributed by atoms with van der Waals surface area (Å²) in [6.07, 6.45) is 5.13. The number of hydrogen-bond acceptors (Lipinski definition) is 2. The predicted octanol–water partition coefficient (Wildman–Crippen LogP) is 2.48. The second-order valence-electron chi connectivity index (χ2n) is 3.91. The number of nitrogens with one attached hydrogen (secondary N) is 1. The van der Waals surface area contributed by atoms with E-state index in [-0.39, 0.29) is 17.1 Å². The number of rotatable bonds is 1. The number of carbonyl (C=O) groups excluding carboxylic acids is 2. The lowest BCUT2D eigenvalue weighted by Gasteiger charge is -1.91. The molecule has 0 bridgehead atoms. The van der Waals surface area contributed by atoms with Crippen LogP contribution in [-0.2, 0) is 0 Å². The Morgan fingerprint density at radius 2 is 1.59 bits per heavy atom. The van der Waals surface area contributed by atoms with E-state index in [4.69, 9.17) is 0 Å². The van der Waals surface area contributed by atoms with Gasteiger partial charge < -0.3 is 4.98 Å². The monoisotopic (exact) mass is 223 g/mol. The van der Waals surface area contributed by atoms with Gasteiger partial charge in [-0.2, -0.15) is 0 Å². The molecule has 0 aliphatic heterocycles. The quantitative estimate of drug-likeness (QED) is 0.596. The minimum atomic E-state index is -0.188. The molecule has 0 atom stereocenters. The van der Waals surface area contributed by atoms with Crippen LogP contribution in [0.4, 0.5) is 0 Å². The molecular weight excluding hydrogens is 214 g/mol. The number of benzene rings is 1. The maximum atomic E-state index is 12.0. The van der Waals surface area contributed by atoms with Gasteiger partial charge in [-0.1, -0.05) is 24.3 Å². The Bertz CT molecular complexity index is 599. The average Bonchev–Trinajstić information content (AvgIpc) is 2.94. The van der Waals surface area contributed by atoms with E-state index >= 15 is 0 Å². The van der Waals surface area contributed by atoms with Gasteiger partial charge in [0, 0.05) is 23.5 Å². The standard InChI is InChI=1S/C14H9NO2/c16-13-10-3-1-2-4-11(10)14(17)12(13)7-9-5-6-15-8-9/h1-8,15H. The molecule has 1 aliphatic carbocycles. The van der Waals surface area contributed by atoms with Gasteiger partial charge in [-0.05, 0) is 17.7 Å². The Balaban J connectivity index is 2.13. The molecule has 17 heavy (non-hydrogen) atoms. The van der Waals surface area contributed by atoms with Crippen LogP contribution in [0.1, 0.15) is 26.3 Å². The summed E-state index contributed by atoms with van der Waals surface area (Å²) in [5.41, 5.74) is 2.07. The lowest BCUT2D eigenvalue weighted by molar-refractivity contribution is 0.0990. The van der Waals surface area contributed by atoms with Gasteiger partial charge in [0.1, 0.15) is 0 Å². The van der Waals surface area contributed by atoms with Crippen LogP contribution >= 0.6 is 0 Å². The van der Waals surface area contributed by atoms with E-state index in [9.17, 15) is 9.59 Å². The maximum Gasteiger partial charge on any atom is 0.197 e. The van der Waals surface area contributed by atoms with Gasteiger partial charge in [-0.3, -0.25) is 9.59 Å². The molecular formula is C14H9NO2. The lowest BCUT2D eigenvalue weighted by Crippen LogP contribution is -1.99. The first-order valence-electron chi connectivity index (χ1n) is 5.30. The third-order valence-electron chi connectivity index (χ3n) is 2.84. The van der Waals surface area contributed by atoms with E-state index in [2.05, 4.69) is 4.98 Å². The second-order valence-corrected chi connectivity index (χ2v) is 3.91. The van der Waals surface area contributed by atoms with Crippen molar-refractivity contribution < 1.29 is 9.59 Å². The summed E-state index contributed by atoms with van der Waals surface area (Å²) in [6, 6.07) is 8.73. The zero-order valence-corrected chi connectivity index (χ0v) is 8.94. The number of fused-ring (bicyclic) bond motifs is 1. The normalized spacial score (nSPS) is 14.0. The van der Waals surface area contributed by atoms with Crippen LogP contribution in [0.2, 0.25) is 0 Å². The zero-order chi connectivity index (χ0) is 11.8. The first-order chi connectivity index (χ1) is 8.27. The van der Waals surface area contributed by atoms with E-state index in [0.29, 0.717) is 11.1 Å². The van der Waals surface area contributed by atoms with Crippen LogP contribution in [0.15, 0.2) is 48.3 Å². The van der Waals surface area contributed by atoms with Crippen LogP contribution in [0.3, 0.4) is 0 Å². The summed E-state index contributed by atoms with van der Waals surface area (Å²) >= 11 is 0.